The SMILES string of the molecule is Cc1cc(C)cc(P(c2cc(C)cc(C)c2)C(C)C2CCCC2P(c2cc(C)cc(C)c2)c2cc(C)cc(C)c2)c1. The highest BCUT2D eigenvalue weighted by molar-refractivity contribution is 7.74. The molecule has 0 saturated heterocycles. The fraction of sp³-hybridized carbons (Fsp3) is 0.385. The average Bonchev–Trinajstić information content (AvgIpc) is 3.31. The lowest BCUT2D eigenvalue weighted by Gasteiger charge is -2.38. The second-order valence-electron chi connectivity index (χ2n) is 13.0. The minimum Gasteiger partial charge on any atom is -0.0576 e. The van der Waals surface area contributed by atoms with Crippen LogP contribution in [0.1, 0.15) is 70.7 Å². The molecule has 41 heavy (non-hydrogen) atoms. The van der Waals surface area contributed by atoms with E-state index in [1.54, 1.807) is 21.2 Å². The summed E-state index contributed by atoms with van der Waals surface area (Å²) in [5.74, 6) is 0.704. The molecule has 3 unspecified atom stereocenters. The van der Waals surface area contributed by atoms with Crippen molar-refractivity contribution in [3.8, 4) is 0 Å². The van der Waals surface area contributed by atoms with E-state index in [1.807, 2.05) is 0 Å². The molecule has 1 fully saturated rings. The van der Waals surface area contributed by atoms with E-state index >= 15 is 0 Å². The first kappa shape index (κ1) is 30.2. The normalized spacial score (nSPS) is 17.9. The minimum absolute atomic E-state index is 0.466. The molecule has 0 aliphatic heterocycles. The van der Waals surface area contributed by atoms with Crippen LogP contribution in [0.4, 0.5) is 0 Å². The molecule has 5 rings (SSSR count). The van der Waals surface area contributed by atoms with Crippen LogP contribution in [0.3, 0.4) is 0 Å². The van der Waals surface area contributed by atoms with E-state index in [0.717, 1.165) is 0 Å². The largest absolute Gasteiger partial charge is 0.0576 e. The van der Waals surface area contributed by atoms with Crippen molar-refractivity contribution in [2.24, 2.45) is 5.92 Å². The fourth-order valence-electron chi connectivity index (χ4n) is 7.55. The summed E-state index contributed by atoms with van der Waals surface area (Å²) >= 11 is 0. The van der Waals surface area contributed by atoms with Crippen molar-refractivity contribution < 1.29 is 0 Å². The Morgan fingerprint density at radius 3 is 1.12 bits per heavy atom. The van der Waals surface area contributed by atoms with Crippen LogP contribution >= 0.6 is 15.8 Å². The van der Waals surface area contributed by atoms with E-state index in [2.05, 4.69) is 135 Å². The van der Waals surface area contributed by atoms with E-state index in [9.17, 15) is 0 Å². The highest BCUT2D eigenvalue weighted by atomic mass is 31.1. The zero-order valence-corrected chi connectivity index (χ0v) is 28.5. The van der Waals surface area contributed by atoms with Crippen molar-refractivity contribution >= 4 is 37.1 Å². The maximum atomic E-state index is 2.61. The van der Waals surface area contributed by atoms with Gasteiger partial charge in [-0.15, -0.1) is 0 Å². The molecule has 0 amide bonds. The van der Waals surface area contributed by atoms with Gasteiger partial charge >= 0.3 is 0 Å². The van der Waals surface area contributed by atoms with Gasteiger partial charge in [-0.2, -0.15) is 0 Å². The van der Waals surface area contributed by atoms with Crippen molar-refractivity contribution in [1.29, 1.82) is 0 Å². The second kappa shape index (κ2) is 12.5. The maximum Gasteiger partial charge on any atom is -0.00943 e. The lowest BCUT2D eigenvalue weighted by Crippen LogP contribution is -2.33. The Bertz CT molecular complexity index is 1360. The zero-order chi connectivity index (χ0) is 29.4. The Balaban J connectivity index is 1.65. The first-order valence-electron chi connectivity index (χ1n) is 15.4. The molecule has 0 radical (unpaired) electrons. The third-order valence-corrected chi connectivity index (χ3v) is 14.6. The molecule has 0 aromatic heterocycles. The van der Waals surface area contributed by atoms with Crippen LogP contribution in [0.15, 0.2) is 72.8 Å². The Labute approximate surface area is 252 Å². The minimum atomic E-state index is -0.492. The van der Waals surface area contributed by atoms with Gasteiger partial charge in [-0.25, -0.2) is 0 Å². The van der Waals surface area contributed by atoms with Gasteiger partial charge in [0.1, 0.15) is 0 Å². The predicted octanol–water partition coefficient (Wildman–Crippen LogP) is 9.28. The fourth-order valence-corrected chi connectivity index (χ4v) is 14.7. The van der Waals surface area contributed by atoms with E-state index in [-0.39, 0.29) is 0 Å². The summed E-state index contributed by atoms with van der Waals surface area (Å²) in [4.78, 5) is 0. The number of aryl methyl sites for hydroxylation is 8. The third-order valence-electron chi connectivity index (χ3n) is 8.83. The summed E-state index contributed by atoms with van der Waals surface area (Å²) in [6, 6.07) is 29.4. The van der Waals surface area contributed by atoms with Crippen molar-refractivity contribution in [2.45, 2.75) is 92.9 Å². The van der Waals surface area contributed by atoms with Gasteiger partial charge in [-0.3, -0.25) is 0 Å². The summed E-state index contributed by atoms with van der Waals surface area (Å²) in [5.41, 5.74) is 12.4. The van der Waals surface area contributed by atoms with Gasteiger partial charge in [0, 0.05) is 0 Å². The van der Waals surface area contributed by atoms with Crippen LogP contribution < -0.4 is 21.2 Å². The first-order chi connectivity index (χ1) is 19.5. The van der Waals surface area contributed by atoms with Crippen LogP contribution in [0.25, 0.3) is 0 Å². The highest BCUT2D eigenvalue weighted by Gasteiger charge is 2.41. The van der Waals surface area contributed by atoms with Gasteiger partial charge in [-0.05, 0) is 123 Å². The van der Waals surface area contributed by atoms with Gasteiger partial charge in [0.05, 0.1) is 0 Å². The topological polar surface area (TPSA) is 0 Å². The van der Waals surface area contributed by atoms with Crippen LogP contribution in [0, 0.1) is 61.3 Å². The molecule has 1 saturated carbocycles. The van der Waals surface area contributed by atoms with Crippen LogP contribution in [-0.2, 0) is 0 Å². The Morgan fingerprint density at radius 1 is 0.463 bits per heavy atom. The number of rotatable bonds is 7. The molecule has 0 nitrogen and oxygen atoms in total. The van der Waals surface area contributed by atoms with E-state index in [0.29, 0.717) is 17.2 Å². The van der Waals surface area contributed by atoms with Crippen LogP contribution in [-0.4, -0.2) is 11.3 Å². The lowest BCUT2D eigenvalue weighted by molar-refractivity contribution is 0.548. The van der Waals surface area contributed by atoms with Crippen molar-refractivity contribution in [2.75, 3.05) is 0 Å². The summed E-state index contributed by atoms with van der Waals surface area (Å²) in [6.07, 6.45) is 4.02. The summed E-state index contributed by atoms with van der Waals surface area (Å²) in [6.45, 7) is 20.8. The van der Waals surface area contributed by atoms with Crippen LogP contribution in [0.5, 0.6) is 0 Å². The molecule has 0 spiro atoms. The molecule has 4 aromatic carbocycles. The quantitative estimate of drug-likeness (QED) is 0.192. The van der Waals surface area contributed by atoms with Crippen molar-refractivity contribution in [3.63, 3.8) is 0 Å². The smallest absolute Gasteiger partial charge is 0.00943 e. The van der Waals surface area contributed by atoms with Crippen molar-refractivity contribution in [1.82, 2.24) is 0 Å². The highest BCUT2D eigenvalue weighted by Crippen LogP contribution is 2.56. The Morgan fingerprint density at radius 2 is 0.780 bits per heavy atom. The molecule has 4 aromatic rings. The van der Waals surface area contributed by atoms with Crippen molar-refractivity contribution in [3.05, 3.63) is 117 Å². The molecule has 2 heteroatoms. The molecule has 214 valence electrons. The van der Waals surface area contributed by atoms with E-state index in [1.165, 1.54) is 63.8 Å². The maximum absolute atomic E-state index is 2.61. The molecule has 0 bridgehead atoms. The summed E-state index contributed by atoms with van der Waals surface area (Å²) in [5, 5.41) is 6.27. The molecular formula is C39H48P2. The first-order valence-corrected chi connectivity index (χ1v) is 18.2. The molecule has 3 atom stereocenters. The number of benzene rings is 4. The number of hydrogen-bond donors (Lipinski definition) is 0. The lowest BCUT2D eigenvalue weighted by atomic mass is 10.0. The number of hydrogen-bond acceptors (Lipinski definition) is 0. The molecule has 1 aliphatic carbocycles. The van der Waals surface area contributed by atoms with Gasteiger partial charge in [-0.1, -0.05) is 131 Å². The molecule has 0 heterocycles. The summed E-state index contributed by atoms with van der Waals surface area (Å²) < 4.78 is 0. The predicted molar refractivity (Wildman–Crippen MR) is 187 cm³/mol. The second-order valence-corrected chi connectivity index (χ2v) is 18.0. The average molecular weight is 579 g/mol. The van der Waals surface area contributed by atoms with Gasteiger partial charge < -0.3 is 0 Å². The zero-order valence-electron chi connectivity index (χ0n) is 26.7. The van der Waals surface area contributed by atoms with E-state index < -0.39 is 15.8 Å². The summed E-state index contributed by atoms with van der Waals surface area (Å²) in [7, 11) is -0.957. The Hall–Kier alpha value is -2.26. The molecular weight excluding hydrogens is 530 g/mol. The standard InChI is InChI=1S/C39H48P2/c1-25-13-26(2)18-34(17-25)40(35-19-27(3)14-28(4)20-35)33(9)38-11-10-12-39(38)41(36-21-29(5)15-30(6)22-36)37-23-31(7)16-32(8)24-37/h13-24,33,38-39H,10-12H2,1-9H3. The van der Waals surface area contributed by atoms with Crippen LogP contribution in [0.2, 0.25) is 0 Å². The molecule has 1 aliphatic rings. The van der Waals surface area contributed by atoms with Gasteiger partial charge in [0.25, 0.3) is 0 Å². The van der Waals surface area contributed by atoms with Gasteiger partial charge in [0.15, 0.2) is 0 Å². The van der Waals surface area contributed by atoms with Gasteiger partial charge in [0.2, 0.25) is 0 Å². The molecule has 0 N–H and O–H groups in total. The Kier molecular flexibility index (Phi) is 9.24. The third kappa shape index (κ3) is 6.87. The monoisotopic (exact) mass is 578 g/mol. The van der Waals surface area contributed by atoms with E-state index in [4.69, 9.17) is 0 Å².